The second-order valence-electron chi connectivity index (χ2n) is 7.41. The summed E-state index contributed by atoms with van der Waals surface area (Å²) in [6.07, 6.45) is 0.948. The highest BCUT2D eigenvalue weighted by atomic mass is 127. The molecule has 1 aromatic carbocycles. The topological polar surface area (TPSA) is 42.9 Å². The molecule has 2 rings (SSSR count). The normalized spacial score (nSPS) is 17.5. The molecule has 1 unspecified atom stereocenters. The maximum atomic E-state index is 5.94. The monoisotopic (exact) mass is 507 g/mol. The highest BCUT2D eigenvalue weighted by molar-refractivity contribution is 14.0. The van der Waals surface area contributed by atoms with Crippen LogP contribution in [0.1, 0.15) is 19.4 Å². The molecule has 1 aromatic rings. The van der Waals surface area contributed by atoms with Crippen LogP contribution < -0.4 is 10.6 Å². The number of aliphatic imine (C=N–C) groups is 1. The highest BCUT2D eigenvalue weighted by Crippen LogP contribution is 2.13. The standard InChI is InChI=1S/C20H34ClN5.HI/c1-16(2)19(26-13-11-25(4)12-14-26)15-24-20(22-3)23-10-9-17-5-7-18(21)8-6-17;/h5-8,16,19H,9-15H2,1-4H3,(H2,22,23,24);1H. The van der Waals surface area contributed by atoms with Crippen LogP contribution in [0, 0.1) is 5.92 Å². The van der Waals surface area contributed by atoms with Crippen LogP contribution in [0.4, 0.5) is 0 Å². The van der Waals surface area contributed by atoms with Crippen molar-refractivity contribution in [1.29, 1.82) is 0 Å². The Hall–Kier alpha value is -0.570. The number of benzene rings is 1. The van der Waals surface area contributed by atoms with Crippen molar-refractivity contribution in [2.75, 3.05) is 53.4 Å². The number of guanidine groups is 1. The highest BCUT2D eigenvalue weighted by Gasteiger charge is 2.24. The van der Waals surface area contributed by atoms with E-state index in [0.29, 0.717) is 12.0 Å². The van der Waals surface area contributed by atoms with Crippen molar-refractivity contribution in [2.45, 2.75) is 26.3 Å². The molecule has 27 heavy (non-hydrogen) atoms. The fourth-order valence-electron chi connectivity index (χ4n) is 3.34. The van der Waals surface area contributed by atoms with Gasteiger partial charge < -0.3 is 15.5 Å². The van der Waals surface area contributed by atoms with E-state index in [0.717, 1.165) is 56.7 Å². The molecule has 154 valence electrons. The van der Waals surface area contributed by atoms with Gasteiger partial charge >= 0.3 is 0 Å². The molecule has 1 saturated heterocycles. The number of likely N-dealkylation sites (N-methyl/N-ethyl adjacent to an activating group) is 1. The summed E-state index contributed by atoms with van der Waals surface area (Å²) in [6, 6.07) is 8.55. The largest absolute Gasteiger partial charge is 0.356 e. The molecule has 1 atom stereocenters. The van der Waals surface area contributed by atoms with Crippen molar-refractivity contribution < 1.29 is 0 Å². The van der Waals surface area contributed by atoms with Crippen molar-refractivity contribution in [3.05, 3.63) is 34.9 Å². The molecular weight excluding hydrogens is 473 g/mol. The lowest BCUT2D eigenvalue weighted by Crippen LogP contribution is -2.55. The van der Waals surface area contributed by atoms with E-state index in [-0.39, 0.29) is 24.0 Å². The molecule has 5 nitrogen and oxygen atoms in total. The fraction of sp³-hybridized carbons (Fsp3) is 0.650. The van der Waals surface area contributed by atoms with Gasteiger partial charge in [0.2, 0.25) is 0 Å². The van der Waals surface area contributed by atoms with Crippen LogP contribution in [0.25, 0.3) is 0 Å². The molecule has 0 radical (unpaired) electrons. The van der Waals surface area contributed by atoms with E-state index < -0.39 is 0 Å². The number of piperazine rings is 1. The molecule has 0 saturated carbocycles. The number of hydrogen-bond acceptors (Lipinski definition) is 3. The molecule has 1 aliphatic heterocycles. The first-order chi connectivity index (χ1) is 12.5. The summed E-state index contributed by atoms with van der Waals surface area (Å²) >= 11 is 5.94. The Bertz CT molecular complexity index is 556. The minimum absolute atomic E-state index is 0. The second-order valence-corrected chi connectivity index (χ2v) is 7.84. The van der Waals surface area contributed by atoms with Crippen LogP contribution in [0.5, 0.6) is 0 Å². The van der Waals surface area contributed by atoms with Gasteiger partial charge in [-0.3, -0.25) is 9.89 Å². The van der Waals surface area contributed by atoms with Crippen molar-refractivity contribution in [1.82, 2.24) is 20.4 Å². The predicted octanol–water partition coefficient (Wildman–Crippen LogP) is 2.94. The van der Waals surface area contributed by atoms with E-state index in [9.17, 15) is 0 Å². The molecule has 7 heteroatoms. The van der Waals surface area contributed by atoms with E-state index in [2.05, 4.69) is 58.5 Å². The Kier molecular flexibility index (Phi) is 11.6. The minimum atomic E-state index is 0. The van der Waals surface area contributed by atoms with Gasteiger partial charge in [0.15, 0.2) is 5.96 Å². The SMILES string of the molecule is CN=C(NCCc1ccc(Cl)cc1)NCC(C(C)C)N1CCN(C)CC1.I. The van der Waals surface area contributed by atoms with Crippen LogP contribution >= 0.6 is 35.6 Å². The molecule has 0 amide bonds. The Morgan fingerprint density at radius 2 is 1.74 bits per heavy atom. The Labute approximate surface area is 186 Å². The first-order valence-electron chi connectivity index (χ1n) is 9.61. The third-order valence-electron chi connectivity index (χ3n) is 5.10. The summed E-state index contributed by atoms with van der Waals surface area (Å²) in [5.74, 6) is 1.48. The Morgan fingerprint density at radius 1 is 1.11 bits per heavy atom. The molecule has 0 aliphatic carbocycles. The van der Waals surface area contributed by atoms with Crippen molar-refractivity contribution in [2.24, 2.45) is 10.9 Å². The van der Waals surface area contributed by atoms with Crippen LogP contribution in [0.3, 0.4) is 0 Å². The maximum absolute atomic E-state index is 5.94. The van der Waals surface area contributed by atoms with Gasteiger partial charge in [-0.15, -0.1) is 24.0 Å². The van der Waals surface area contributed by atoms with Gasteiger partial charge in [-0.2, -0.15) is 0 Å². The van der Waals surface area contributed by atoms with E-state index >= 15 is 0 Å². The molecular formula is C20H35ClIN5. The number of hydrogen-bond donors (Lipinski definition) is 2. The summed E-state index contributed by atoms with van der Waals surface area (Å²) in [7, 11) is 4.03. The Balaban J connectivity index is 0.00000364. The van der Waals surface area contributed by atoms with Crippen LogP contribution in [0.2, 0.25) is 5.02 Å². The number of nitrogens with zero attached hydrogens (tertiary/aromatic N) is 3. The fourth-order valence-corrected chi connectivity index (χ4v) is 3.46. The lowest BCUT2D eigenvalue weighted by atomic mass is 10.0. The lowest BCUT2D eigenvalue weighted by Gasteiger charge is -2.40. The molecule has 1 heterocycles. The summed E-state index contributed by atoms with van der Waals surface area (Å²) < 4.78 is 0. The number of halogens is 2. The van der Waals surface area contributed by atoms with Gasteiger partial charge in [-0.1, -0.05) is 37.6 Å². The summed E-state index contributed by atoms with van der Waals surface area (Å²) in [5.41, 5.74) is 1.27. The summed E-state index contributed by atoms with van der Waals surface area (Å²) in [6.45, 7) is 11.0. The smallest absolute Gasteiger partial charge is 0.191 e. The third-order valence-corrected chi connectivity index (χ3v) is 5.35. The zero-order chi connectivity index (χ0) is 18.9. The molecule has 0 aromatic heterocycles. The van der Waals surface area contributed by atoms with Gasteiger partial charge in [0.1, 0.15) is 0 Å². The van der Waals surface area contributed by atoms with Gasteiger partial charge in [-0.25, -0.2) is 0 Å². The lowest BCUT2D eigenvalue weighted by molar-refractivity contribution is 0.0900. The van der Waals surface area contributed by atoms with E-state index in [1.807, 2.05) is 19.2 Å². The first kappa shape index (κ1) is 24.5. The zero-order valence-corrected chi connectivity index (χ0v) is 20.1. The van der Waals surface area contributed by atoms with E-state index in [1.165, 1.54) is 5.56 Å². The summed E-state index contributed by atoms with van der Waals surface area (Å²) in [4.78, 5) is 9.38. The number of nitrogens with one attached hydrogen (secondary N) is 2. The van der Waals surface area contributed by atoms with Crippen molar-refractivity contribution in [3.8, 4) is 0 Å². The van der Waals surface area contributed by atoms with Crippen LogP contribution in [0.15, 0.2) is 29.3 Å². The van der Waals surface area contributed by atoms with E-state index in [4.69, 9.17) is 11.6 Å². The van der Waals surface area contributed by atoms with Crippen molar-refractivity contribution >= 4 is 41.5 Å². The maximum Gasteiger partial charge on any atom is 0.191 e. The van der Waals surface area contributed by atoms with Crippen molar-refractivity contribution in [3.63, 3.8) is 0 Å². The molecule has 0 spiro atoms. The Morgan fingerprint density at radius 3 is 2.30 bits per heavy atom. The quantitative estimate of drug-likeness (QED) is 0.338. The predicted molar refractivity (Wildman–Crippen MR) is 128 cm³/mol. The number of rotatable bonds is 7. The first-order valence-corrected chi connectivity index (χ1v) is 9.99. The van der Waals surface area contributed by atoms with Gasteiger partial charge in [0.05, 0.1) is 0 Å². The third kappa shape index (κ3) is 8.54. The average molecular weight is 508 g/mol. The molecule has 2 N–H and O–H groups in total. The second kappa shape index (κ2) is 12.8. The minimum Gasteiger partial charge on any atom is -0.356 e. The molecule has 0 bridgehead atoms. The van der Waals surface area contributed by atoms with Gasteiger partial charge in [-0.05, 0) is 37.1 Å². The van der Waals surface area contributed by atoms with Crippen LogP contribution in [-0.2, 0) is 6.42 Å². The van der Waals surface area contributed by atoms with Crippen LogP contribution in [-0.4, -0.2) is 75.2 Å². The zero-order valence-electron chi connectivity index (χ0n) is 17.0. The average Bonchev–Trinajstić information content (AvgIpc) is 2.63. The molecule has 1 fully saturated rings. The van der Waals surface area contributed by atoms with Gasteiger partial charge in [0.25, 0.3) is 0 Å². The molecule has 1 aliphatic rings. The van der Waals surface area contributed by atoms with Gasteiger partial charge in [0, 0.05) is 57.4 Å². The summed E-state index contributed by atoms with van der Waals surface area (Å²) in [5, 5.41) is 7.71. The van der Waals surface area contributed by atoms with E-state index in [1.54, 1.807) is 0 Å².